The van der Waals surface area contributed by atoms with E-state index in [9.17, 15) is 4.21 Å². The summed E-state index contributed by atoms with van der Waals surface area (Å²) in [5.74, 6) is 0.549. The molecule has 0 fully saturated rings. The van der Waals surface area contributed by atoms with Crippen LogP contribution in [0, 0.1) is 0 Å². The van der Waals surface area contributed by atoms with Gasteiger partial charge in [0, 0.05) is 46.5 Å². The van der Waals surface area contributed by atoms with Crippen molar-refractivity contribution in [1.82, 2.24) is 10.3 Å². The van der Waals surface area contributed by atoms with Crippen LogP contribution < -0.4 is 5.32 Å². The highest BCUT2D eigenvalue weighted by Gasteiger charge is 2.07. The van der Waals surface area contributed by atoms with Crippen LogP contribution in [0.15, 0.2) is 6.20 Å². The molecule has 0 aromatic carbocycles. The zero-order valence-corrected chi connectivity index (χ0v) is 12.0. The van der Waals surface area contributed by atoms with Crippen molar-refractivity contribution in [3.05, 3.63) is 16.1 Å². The average Bonchev–Trinajstić information content (AvgIpc) is 2.66. The van der Waals surface area contributed by atoms with Gasteiger partial charge in [0.1, 0.15) is 5.01 Å². The summed E-state index contributed by atoms with van der Waals surface area (Å²) in [6.45, 7) is 7.89. The SMILES string of the molecule is CC(C)c1cnc(CNCC(C)S(C)=O)s1. The van der Waals surface area contributed by atoms with Gasteiger partial charge < -0.3 is 5.32 Å². The molecule has 0 bridgehead atoms. The minimum absolute atomic E-state index is 0.199. The molecule has 3 nitrogen and oxygen atoms in total. The molecule has 0 amide bonds. The van der Waals surface area contributed by atoms with Gasteiger partial charge >= 0.3 is 0 Å². The van der Waals surface area contributed by atoms with Gasteiger partial charge in [-0.25, -0.2) is 4.98 Å². The van der Waals surface area contributed by atoms with E-state index in [1.54, 1.807) is 17.6 Å². The van der Waals surface area contributed by atoms with Gasteiger partial charge in [0.15, 0.2) is 0 Å². The van der Waals surface area contributed by atoms with E-state index in [1.165, 1.54) is 4.88 Å². The highest BCUT2D eigenvalue weighted by atomic mass is 32.2. The predicted molar refractivity (Wildman–Crippen MR) is 71.4 cm³/mol. The molecule has 1 N–H and O–H groups in total. The van der Waals surface area contributed by atoms with E-state index in [4.69, 9.17) is 0 Å². The number of hydrogen-bond donors (Lipinski definition) is 1. The van der Waals surface area contributed by atoms with E-state index in [0.29, 0.717) is 5.92 Å². The molecule has 16 heavy (non-hydrogen) atoms. The number of aromatic nitrogens is 1. The summed E-state index contributed by atoms with van der Waals surface area (Å²) >= 11 is 1.75. The van der Waals surface area contributed by atoms with Gasteiger partial charge in [-0.1, -0.05) is 13.8 Å². The average molecular weight is 260 g/mol. The van der Waals surface area contributed by atoms with Crippen LogP contribution in [0.2, 0.25) is 0 Å². The molecule has 0 aliphatic carbocycles. The standard InChI is InChI=1S/C11H20N2OS2/c1-8(2)10-6-13-11(15-10)7-12-5-9(3)16(4)14/h6,8-9,12H,5,7H2,1-4H3. The molecular formula is C11H20N2OS2. The normalized spacial score (nSPS) is 15.3. The first-order chi connectivity index (χ1) is 7.50. The van der Waals surface area contributed by atoms with Gasteiger partial charge in [-0.2, -0.15) is 0 Å². The summed E-state index contributed by atoms with van der Waals surface area (Å²) in [7, 11) is -0.750. The third-order valence-electron chi connectivity index (χ3n) is 2.42. The van der Waals surface area contributed by atoms with Crippen molar-refractivity contribution >= 4 is 22.1 Å². The maximum atomic E-state index is 11.1. The van der Waals surface area contributed by atoms with E-state index in [0.717, 1.165) is 18.1 Å². The quantitative estimate of drug-likeness (QED) is 0.852. The second kappa shape index (κ2) is 6.47. The molecule has 5 heteroatoms. The van der Waals surface area contributed by atoms with Gasteiger partial charge in [-0.05, 0) is 12.8 Å². The van der Waals surface area contributed by atoms with Crippen LogP contribution in [-0.4, -0.2) is 27.2 Å². The summed E-state index contributed by atoms with van der Waals surface area (Å²) in [5.41, 5.74) is 0. The number of nitrogens with zero attached hydrogens (tertiary/aromatic N) is 1. The fourth-order valence-corrected chi connectivity index (χ4v) is 2.42. The second-order valence-corrected chi connectivity index (χ2v) is 7.20. The van der Waals surface area contributed by atoms with Crippen molar-refractivity contribution in [1.29, 1.82) is 0 Å². The zero-order chi connectivity index (χ0) is 12.1. The van der Waals surface area contributed by atoms with E-state index >= 15 is 0 Å². The molecule has 2 unspecified atom stereocenters. The lowest BCUT2D eigenvalue weighted by molar-refractivity contribution is 0.646. The summed E-state index contributed by atoms with van der Waals surface area (Å²) in [6.07, 6.45) is 3.69. The van der Waals surface area contributed by atoms with Gasteiger partial charge in [0.05, 0.1) is 0 Å². The minimum atomic E-state index is -0.750. The molecule has 1 heterocycles. The number of thiazole rings is 1. The second-order valence-electron chi connectivity index (χ2n) is 4.25. The number of rotatable bonds is 6. The van der Waals surface area contributed by atoms with Gasteiger partial charge in [-0.15, -0.1) is 11.3 Å². The first-order valence-corrected chi connectivity index (χ1v) is 7.92. The van der Waals surface area contributed by atoms with Crippen LogP contribution in [0.25, 0.3) is 0 Å². The molecule has 0 aliphatic rings. The van der Waals surface area contributed by atoms with Crippen molar-refractivity contribution in [3.63, 3.8) is 0 Å². The first kappa shape index (κ1) is 13.8. The lowest BCUT2D eigenvalue weighted by Gasteiger charge is -2.08. The fraction of sp³-hybridized carbons (Fsp3) is 0.727. The van der Waals surface area contributed by atoms with Crippen LogP contribution in [0.4, 0.5) is 0 Å². The molecule has 92 valence electrons. The Morgan fingerprint density at radius 1 is 1.50 bits per heavy atom. The molecule has 0 aliphatic heterocycles. The van der Waals surface area contributed by atoms with Crippen LogP contribution >= 0.6 is 11.3 Å². The van der Waals surface area contributed by atoms with Gasteiger partial charge in [-0.3, -0.25) is 4.21 Å². The van der Waals surface area contributed by atoms with Gasteiger partial charge in [0.2, 0.25) is 0 Å². The molecule has 0 saturated carbocycles. The Morgan fingerprint density at radius 3 is 2.69 bits per heavy atom. The van der Waals surface area contributed by atoms with Crippen LogP contribution in [0.3, 0.4) is 0 Å². The van der Waals surface area contributed by atoms with E-state index in [1.807, 2.05) is 13.1 Å². The maximum Gasteiger partial charge on any atom is 0.107 e. The lowest BCUT2D eigenvalue weighted by atomic mass is 10.2. The highest BCUT2D eigenvalue weighted by molar-refractivity contribution is 7.84. The summed E-state index contributed by atoms with van der Waals surface area (Å²) in [5, 5.41) is 4.60. The molecular weight excluding hydrogens is 240 g/mol. The van der Waals surface area contributed by atoms with Crippen molar-refractivity contribution in [2.75, 3.05) is 12.8 Å². The molecule has 0 spiro atoms. The van der Waals surface area contributed by atoms with Crippen molar-refractivity contribution in [3.8, 4) is 0 Å². The third-order valence-corrected chi connectivity index (χ3v) is 5.01. The summed E-state index contributed by atoms with van der Waals surface area (Å²) < 4.78 is 11.1. The third kappa shape index (κ3) is 4.31. The minimum Gasteiger partial charge on any atom is -0.309 e. The van der Waals surface area contributed by atoms with Crippen LogP contribution in [0.1, 0.15) is 36.6 Å². The van der Waals surface area contributed by atoms with Crippen molar-refractivity contribution < 1.29 is 4.21 Å². The fourth-order valence-electron chi connectivity index (χ4n) is 1.17. The maximum absolute atomic E-state index is 11.1. The Hall–Kier alpha value is -0.260. The Kier molecular flexibility index (Phi) is 5.58. The van der Waals surface area contributed by atoms with E-state index in [-0.39, 0.29) is 5.25 Å². The molecule has 1 aromatic heterocycles. The van der Waals surface area contributed by atoms with Crippen molar-refractivity contribution in [2.45, 2.75) is 38.5 Å². The number of nitrogens with one attached hydrogen (secondary N) is 1. The monoisotopic (exact) mass is 260 g/mol. The Bertz CT molecular complexity index is 350. The summed E-state index contributed by atoms with van der Waals surface area (Å²) in [4.78, 5) is 5.68. The smallest absolute Gasteiger partial charge is 0.107 e. The predicted octanol–water partition coefficient (Wildman–Crippen LogP) is 2.12. The summed E-state index contributed by atoms with van der Waals surface area (Å²) in [6, 6.07) is 0. The van der Waals surface area contributed by atoms with E-state index in [2.05, 4.69) is 24.1 Å². The van der Waals surface area contributed by atoms with E-state index < -0.39 is 10.8 Å². The molecule has 1 aromatic rings. The van der Waals surface area contributed by atoms with Crippen molar-refractivity contribution in [2.24, 2.45) is 0 Å². The first-order valence-electron chi connectivity index (χ1n) is 5.48. The lowest BCUT2D eigenvalue weighted by Crippen LogP contribution is -2.27. The zero-order valence-electron chi connectivity index (χ0n) is 10.3. The topological polar surface area (TPSA) is 42.0 Å². The highest BCUT2D eigenvalue weighted by Crippen LogP contribution is 2.21. The molecule has 1 rings (SSSR count). The number of hydrogen-bond acceptors (Lipinski definition) is 4. The Labute approximate surface area is 104 Å². The van der Waals surface area contributed by atoms with Crippen LogP contribution in [0.5, 0.6) is 0 Å². The largest absolute Gasteiger partial charge is 0.309 e. The van der Waals surface area contributed by atoms with Crippen LogP contribution in [-0.2, 0) is 17.3 Å². The Morgan fingerprint density at radius 2 is 2.19 bits per heavy atom. The Balaban J connectivity index is 2.34. The molecule has 0 saturated heterocycles. The molecule has 2 atom stereocenters. The molecule has 0 radical (unpaired) electrons. The van der Waals surface area contributed by atoms with Gasteiger partial charge in [0.25, 0.3) is 0 Å².